The largest absolute Gasteiger partial charge is 0.439 e. The number of aromatic nitrogens is 1. The van der Waals surface area contributed by atoms with Gasteiger partial charge in [-0.1, -0.05) is 36.2 Å². The van der Waals surface area contributed by atoms with Crippen LogP contribution in [0.1, 0.15) is 18.1 Å². The Bertz CT molecular complexity index is 1300. The maximum atomic E-state index is 12.8. The Morgan fingerprint density at radius 3 is 2.51 bits per heavy atom. The van der Waals surface area contributed by atoms with Gasteiger partial charge >= 0.3 is 0 Å². The van der Waals surface area contributed by atoms with Crippen molar-refractivity contribution in [3.8, 4) is 11.6 Å². The van der Waals surface area contributed by atoms with E-state index < -0.39 is 10.0 Å². The van der Waals surface area contributed by atoms with E-state index in [1.165, 1.54) is 18.2 Å². The van der Waals surface area contributed by atoms with Crippen LogP contribution in [-0.2, 0) is 23.0 Å². The third-order valence-corrected chi connectivity index (χ3v) is 8.16. The van der Waals surface area contributed by atoms with E-state index >= 15 is 0 Å². The summed E-state index contributed by atoms with van der Waals surface area (Å²) in [5.41, 5.74) is 2.74. The third-order valence-electron chi connectivity index (χ3n) is 6.02. The summed E-state index contributed by atoms with van der Waals surface area (Å²) >= 11 is 11.9. The van der Waals surface area contributed by atoms with Crippen LogP contribution in [0.5, 0.6) is 11.6 Å². The minimum Gasteiger partial charge on any atom is -0.439 e. The van der Waals surface area contributed by atoms with Crippen LogP contribution in [0.3, 0.4) is 0 Å². The molecule has 1 fully saturated rings. The first-order valence-corrected chi connectivity index (χ1v) is 13.6. The molecule has 0 unspecified atom stereocenters. The molecular formula is C25H28Cl2N4O3S. The Kier molecular flexibility index (Phi) is 8.19. The fraction of sp³-hybridized carbons (Fsp3) is 0.320. The number of hydrogen-bond donors (Lipinski definition) is 1. The summed E-state index contributed by atoms with van der Waals surface area (Å²) < 4.78 is 34.4. The Balaban J connectivity index is 1.51. The minimum atomic E-state index is -3.78. The molecule has 0 aliphatic carbocycles. The van der Waals surface area contributed by atoms with E-state index in [2.05, 4.69) is 32.6 Å². The number of benzene rings is 2. The molecule has 35 heavy (non-hydrogen) atoms. The number of nitrogens with one attached hydrogen (secondary N) is 1. The monoisotopic (exact) mass is 534 g/mol. The van der Waals surface area contributed by atoms with Crippen molar-refractivity contribution in [1.82, 2.24) is 14.6 Å². The topological polar surface area (TPSA) is 74.8 Å². The van der Waals surface area contributed by atoms with Gasteiger partial charge in [-0.15, -0.1) is 0 Å². The minimum absolute atomic E-state index is 0.0520. The van der Waals surface area contributed by atoms with Gasteiger partial charge in [0.25, 0.3) is 0 Å². The first-order chi connectivity index (χ1) is 16.8. The van der Waals surface area contributed by atoms with E-state index in [9.17, 15) is 8.42 Å². The summed E-state index contributed by atoms with van der Waals surface area (Å²) in [6.45, 7) is 6.05. The lowest BCUT2D eigenvalue weighted by Crippen LogP contribution is -2.44. The van der Waals surface area contributed by atoms with Crippen molar-refractivity contribution >= 4 is 38.9 Å². The average molecular weight is 535 g/mol. The summed E-state index contributed by atoms with van der Waals surface area (Å²) in [5.74, 6) is 1.16. The number of likely N-dealkylation sites (N-methyl/N-ethyl adjacent to an activating group) is 1. The van der Waals surface area contributed by atoms with Crippen LogP contribution >= 0.6 is 23.2 Å². The van der Waals surface area contributed by atoms with Crippen LogP contribution < -0.4 is 14.4 Å². The smallest absolute Gasteiger partial charge is 0.240 e. The number of halogens is 2. The third kappa shape index (κ3) is 6.26. The summed E-state index contributed by atoms with van der Waals surface area (Å²) in [6.07, 6.45) is 2.26. The number of anilines is 1. The van der Waals surface area contributed by atoms with Gasteiger partial charge < -0.3 is 14.5 Å². The molecule has 1 aliphatic heterocycles. The summed E-state index contributed by atoms with van der Waals surface area (Å²) in [6, 6.07) is 14.0. The summed E-state index contributed by atoms with van der Waals surface area (Å²) in [4.78, 5) is 9.14. The second-order valence-electron chi connectivity index (χ2n) is 8.40. The van der Waals surface area contributed by atoms with Gasteiger partial charge in [0.05, 0.1) is 14.9 Å². The molecule has 0 spiro atoms. The maximum Gasteiger partial charge on any atom is 0.240 e. The molecule has 186 valence electrons. The first-order valence-electron chi connectivity index (χ1n) is 11.4. The van der Waals surface area contributed by atoms with Crippen molar-refractivity contribution in [3.63, 3.8) is 0 Å². The molecule has 1 saturated heterocycles. The van der Waals surface area contributed by atoms with Crippen LogP contribution in [0.4, 0.5) is 5.69 Å². The summed E-state index contributed by atoms with van der Waals surface area (Å²) in [7, 11) is -1.65. The molecule has 3 aromatic rings. The first kappa shape index (κ1) is 25.7. The lowest BCUT2D eigenvalue weighted by atomic mass is 10.1. The van der Waals surface area contributed by atoms with E-state index in [4.69, 9.17) is 27.9 Å². The molecule has 4 rings (SSSR count). The zero-order valence-corrected chi connectivity index (χ0v) is 22.0. The summed E-state index contributed by atoms with van der Waals surface area (Å²) in [5, 5.41) is 0.480. The second kappa shape index (κ2) is 11.1. The number of piperazine rings is 1. The number of ether oxygens (including phenoxy) is 1. The highest BCUT2D eigenvalue weighted by Gasteiger charge is 2.19. The van der Waals surface area contributed by atoms with E-state index in [0.29, 0.717) is 23.1 Å². The van der Waals surface area contributed by atoms with E-state index in [1.54, 1.807) is 12.3 Å². The van der Waals surface area contributed by atoms with Crippen LogP contribution in [0.15, 0.2) is 59.6 Å². The Morgan fingerprint density at radius 2 is 1.80 bits per heavy atom. The molecule has 2 heterocycles. The van der Waals surface area contributed by atoms with Crippen LogP contribution in [0.25, 0.3) is 0 Å². The van der Waals surface area contributed by atoms with E-state index in [1.807, 2.05) is 25.1 Å². The molecule has 0 bridgehead atoms. The van der Waals surface area contributed by atoms with Gasteiger partial charge in [0.2, 0.25) is 15.9 Å². The van der Waals surface area contributed by atoms with Gasteiger partial charge in [0.1, 0.15) is 5.75 Å². The van der Waals surface area contributed by atoms with Crippen LogP contribution in [-0.4, -0.2) is 51.5 Å². The van der Waals surface area contributed by atoms with Crippen molar-refractivity contribution in [2.24, 2.45) is 0 Å². The molecule has 1 aliphatic rings. The normalized spacial score (nSPS) is 14.8. The van der Waals surface area contributed by atoms with Gasteiger partial charge in [-0.3, -0.25) is 0 Å². The maximum absolute atomic E-state index is 12.8. The van der Waals surface area contributed by atoms with Crippen molar-refractivity contribution in [1.29, 1.82) is 0 Å². The lowest BCUT2D eigenvalue weighted by Gasteiger charge is -2.34. The number of pyridine rings is 1. The van der Waals surface area contributed by atoms with Crippen molar-refractivity contribution < 1.29 is 13.2 Å². The van der Waals surface area contributed by atoms with Crippen LogP contribution in [0.2, 0.25) is 10.0 Å². The van der Waals surface area contributed by atoms with Gasteiger partial charge in [-0.2, -0.15) is 0 Å². The second-order valence-corrected chi connectivity index (χ2v) is 11.0. The molecule has 1 N–H and O–H groups in total. The Morgan fingerprint density at radius 1 is 1.03 bits per heavy atom. The number of nitrogens with zero attached hydrogens (tertiary/aromatic N) is 3. The molecule has 2 aromatic carbocycles. The molecular weight excluding hydrogens is 507 g/mol. The Labute approximate surface area is 216 Å². The van der Waals surface area contributed by atoms with E-state index in [-0.39, 0.29) is 16.5 Å². The molecule has 0 amide bonds. The Hall–Kier alpha value is -2.36. The SMILES string of the molecule is CCc1c(CNS(=O)(=O)c2ccc(Cl)c(Cl)c2)ccnc1Oc1cccc(N2CCN(C)CC2)c1. The fourth-order valence-corrected chi connectivity index (χ4v) is 5.36. The van der Waals surface area contributed by atoms with Crippen molar-refractivity contribution in [3.05, 3.63) is 75.9 Å². The molecule has 0 radical (unpaired) electrons. The number of rotatable bonds is 8. The zero-order chi connectivity index (χ0) is 25.0. The van der Waals surface area contributed by atoms with Gasteiger partial charge in [0, 0.05) is 56.2 Å². The standard InChI is InChI=1S/C25H28Cl2N4O3S/c1-3-22-18(17-29-35(32,33)21-7-8-23(26)24(27)16-21)9-10-28-25(22)34-20-6-4-5-19(15-20)31-13-11-30(2)12-14-31/h4-10,15-16,29H,3,11-14,17H2,1-2H3. The number of hydrogen-bond acceptors (Lipinski definition) is 6. The average Bonchev–Trinajstić information content (AvgIpc) is 2.85. The quantitative estimate of drug-likeness (QED) is 0.439. The highest BCUT2D eigenvalue weighted by molar-refractivity contribution is 7.89. The van der Waals surface area contributed by atoms with Crippen LogP contribution in [0, 0.1) is 0 Å². The van der Waals surface area contributed by atoms with E-state index in [0.717, 1.165) is 43.0 Å². The van der Waals surface area contributed by atoms with Gasteiger partial charge in [-0.05, 0) is 55.4 Å². The van der Waals surface area contributed by atoms with Crippen molar-refractivity contribution in [2.45, 2.75) is 24.8 Å². The highest BCUT2D eigenvalue weighted by Crippen LogP contribution is 2.30. The van der Waals surface area contributed by atoms with Gasteiger partial charge in [-0.25, -0.2) is 18.1 Å². The zero-order valence-electron chi connectivity index (χ0n) is 19.7. The highest BCUT2D eigenvalue weighted by atomic mass is 35.5. The molecule has 0 atom stereocenters. The molecule has 0 saturated carbocycles. The molecule has 10 heteroatoms. The lowest BCUT2D eigenvalue weighted by molar-refractivity contribution is 0.312. The van der Waals surface area contributed by atoms with Gasteiger partial charge in [0.15, 0.2) is 0 Å². The molecule has 1 aromatic heterocycles. The molecule has 7 nitrogen and oxygen atoms in total. The predicted molar refractivity (Wildman–Crippen MR) is 140 cm³/mol. The number of sulfonamides is 1. The predicted octanol–water partition coefficient (Wildman–Crippen LogP) is 4.97. The van der Waals surface area contributed by atoms with Crippen molar-refractivity contribution in [2.75, 3.05) is 38.1 Å². The fourth-order valence-electron chi connectivity index (χ4n) is 3.96.